The van der Waals surface area contributed by atoms with E-state index in [4.69, 9.17) is 4.52 Å². The zero-order valence-corrected chi connectivity index (χ0v) is 19.5. The summed E-state index contributed by atoms with van der Waals surface area (Å²) < 4.78 is 32.4. The maximum atomic E-state index is 12.3. The lowest BCUT2D eigenvalue weighted by Crippen LogP contribution is -2.25. The van der Waals surface area contributed by atoms with Gasteiger partial charge in [0.2, 0.25) is 27.6 Å². The molecular weight excluding hydrogens is 440 g/mol. The summed E-state index contributed by atoms with van der Waals surface area (Å²) in [6.45, 7) is 6.00. The second kappa shape index (κ2) is 8.92. The molecule has 0 aliphatic heterocycles. The fourth-order valence-electron chi connectivity index (χ4n) is 2.95. The largest absolute Gasteiger partial charge is 0.338 e. The summed E-state index contributed by atoms with van der Waals surface area (Å²) in [5.74, 6) is 0.754. The average molecular weight is 467 g/mol. The second-order valence-corrected chi connectivity index (χ2v) is 10.8. The van der Waals surface area contributed by atoms with Crippen LogP contribution in [0.25, 0.3) is 17.5 Å². The lowest BCUT2D eigenvalue weighted by Gasteiger charge is -2.10. The Hall–Kier alpha value is -3.30. The molecule has 1 heterocycles. The number of aromatic nitrogens is 2. The first kappa shape index (κ1) is 22.9. The molecule has 0 unspecified atom stereocenters. The van der Waals surface area contributed by atoms with Gasteiger partial charge in [-0.05, 0) is 60.9 Å². The van der Waals surface area contributed by atoms with Crippen molar-refractivity contribution in [2.45, 2.75) is 50.0 Å². The minimum absolute atomic E-state index is 0.0560. The highest BCUT2D eigenvalue weighted by Crippen LogP contribution is 2.25. The SMILES string of the molecule is CC(C)(C)c1nc(-c2ccc(NC(=O)/C=C/c3ccc(S(=O)(=O)NC4CC4)cc3)cc2)no1. The quantitative estimate of drug-likeness (QED) is 0.506. The summed E-state index contributed by atoms with van der Waals surface area (Å²) in [5, 5.41) is 6.81. The minimum atomic E-state index is -3.48. The number of carbonyl (C=O) groups excluding carboxylic acids is 1. The van der Waals surface area contributed by atoms with Gasteiger partial charge in [-0.15, -0.1) is 0 Å². The Bertz CT molecular complexity index is 1270. The number of carbonyl (C=O) groups is 1. The van der Waals surface area contributed by atoms with Crippen LogP contribution in [0.3, 0.4) is 0 Å². The molecule has 0 spiro atoms. The van der Waals surface area contributed by atoms with Crippen LogP contribution in [0, 0.1) is 0 Å². The molecule has 172 valence electrons. The maximum absolute atomic E-state index is 12.3. The molecule has 8 nitrogen and oxygen atoms in total. The van der Waals surface area contributed by atoms with Crippen molar-refractivity contribution in [2.24, 2.45) is 0 Å². The number of hydrogen-bond donors (Lipinski definition) is 2. The van der Waals surface area contributed by atoms with Crippen LogP contribution < -0.4 is 10.0 Å². The number of hydrogen-bond acceptors (Lipinski definition) is 6. The Morgan fingerprint density at radius 1 is 1.06 bits per heavy atom. The van der Waals surface area contributed by atoms with Crippen LogP contribution in [-0.2, 0) is 20.2 Å². The molecule has 1 amide bonds. The monoisotopic (exact) mass is 466 g/mol. The highest BCUT2D eigenvalue weighted by molar-refractivity contribution is 7.89. The fourth-order valence-corrected chi connectivity index (χ4v) is 4.26. The molecule has 0 radical (unpaired) electrons. The molecule has 4 rings (SSSR count). The van der Waals surface area contributed by atoms with Crippen LogP contribution >= 0.6 is 0 Å². The first-order valence-electron chi connectivity index (χ1n) is 10.7. The smallest absolute Gasteiger partial charge is 0.248 e. The zero-order valence-electron chi connectivity index (χ0n) is 18.7. The van der Waals surface area contributed by atoms with Crippen molar-refractivity contribution in [3.63, 3.8) is 0 Å². The number of nitrogens with zero attached hydrogens (tertiary/aromatic N) is 2. The standard InChI is InChI=1S/C24H26N4O4S/c1-24(2,3)23-26-22(27-32-23)17-7-9-18(10-8-17)25-21(29)15-6-16-4-13-20(14-5-16)33(30,31)28-19-11-12-19/h4-10,13-15,19,28H,11-12H2,1-3H3,(H,25,29)/b15-6+. The van der Waals surface area contributed by atoms with Gasteiger partial charge in [0, 0.05) is 28.8 Å². The molecule has 1 aliphatic carbocycles. The summed E-state index contributed by atoms with van der Waals surface area (Å²) in [5.41, 5.74) is 1.90. The predicted molar refractivity (Wildman–Crippen MR) is 126 cm³/mol. The van der Waals surface area contributed by atoms with E-state index in [1.165, 1.54) is 18.2 Å². The van der Waals surface area contributed by atoms with E-state index in [1.807, 2.05) is 32.9 Å². The average Bonchev–Trinajstić information content (AvgIpc) is 3.41. The molecule has 2 aromatic carbocycles. The van der Waals surface area contributed by atoms with E-state index in [0.29, 0.717) is 17.4 Å². The van der Waals surface area contributed by atoms with Gasteiger partial charge in [-0.3, -0.25) is 4.79 Å². The number of sulfonamides is 1. The molecular formula is C24H26N4O4S. The van der Waals surface area contributed by atoms with E-state index in [-0.39, 0.29) is 22.3 Å². The van der Waals surface area contributed by atoms with Crippen LogP contribution in [0.2, 0.25) is 0 Å². The first-order chi connectivity index (χ1) is 15.6. The summed E-state index contributed by atoms with van der Waals surface area (Å²) in [6, 6.07) is 13.6. The minimum Gasteiger partial charge on any atom is -0.338 e. The van der Waals surface area contributed by atoms with Crippen LogP contribution in [0.4, 0.5) is 5.69 Å². The number of rotatable bonds is 7. The third kappa shape index (κ3) is 5.94. The lowest BCUT2D eigenvalue weighted by atomic mass is 9.97. The topological polar surface area (TPSA) is 114 Å². The van der Waals surface area contributed by atoms with Crippen LogP contribution in [0.1, 0.15) is 45.1 Å². The number of nitrogens with one attached hydrogen (secondary N) is 2. The lowest BCUT2D eigenvalue weighted by molar-refractivity contribution is -0.111. The van der Waals surface area contributed by atoms with Crippen molar-refractivity contribution < 1.29 is 17.7 Å². The number of anilines is 1. The maximum Gasteiger partial charge on any atom is 0.248 e. The molecule has 0 saturated heterocycles. The molecule has 1 aromatic heterocycles. The Labute approximate surface area is 193 Å². The second-order valence-electron chi connectivity index (χ2n) is 9.04. The van der Waals surface area contributed by atoms with Gasteiger partial charge >= 0.3 is 0 Å². The molecule has 1 fully saturated rings. The van der Waals surface area contributed by atoms with Crippen molar-refractivity contribution in [1.82, 2.24) is 14.9 Å². The van der Waals surface area contributed by atoms with E-state index in [2.05, 4.69) is 20.2 Å². The summed E-state index contributed by atoms with van der Waals surface area (Å²) in [7, 11) is -3.48. The van der Waals surface area contributed by atoms with Crippen molar-refractivity contribution in [1.29, 1.82) is 0 Å². The van der Waals surface area contributed by atoms with Gasteiger partial charge in [0.15, 0.2) is 0 Å². The molecule has 33 heavy (non-hydrogen) atoms. The Morgan fingerprint density at radius 3 is 2.30 bits per heavy atom. The summed E-state index contributed by atoms with van der Waals surface area (Å²) in [4.78, 5) is 16.9. The molecule has 3 aromatic rings. The normalized spacial score (nSPS) is 14.5. The number of amides is 1. The van der Waals surface area contributed by atoms with E-state index in [9.17, 15) is 13.2 Å². The van der Waals surface area contributed by atoms with Gasteiger partial charge in [-0.2, -0.15) is 4.98 Å². The molecule has 9 heteroatoms. The first-order valence-corrected chi connectivity index (χ1v) is 12.1. The van der Waals surface area contributed by atoms with Gasteiger partial charge in [-0.25, -0.2) is 13.1 Å². The van der Waals surface area contributed by atoms with Crippen molar-refractivity contribution in [3.05, 3.63) is 66.1 Å². The third-order valence-corrected chi connectivity index (χ3v) is 6.53. The van der Waals surface area contributed by atoms with Crippen LogP contribution in [0.15, 0.2) is 64.0 Å². The summed E-state index contributed by atoms with van der Waals surface area (Å²) >= 11 is 0. The van der Waals surface area contributed by atoms with Crippen molar-refractivity contribution in [2.75, 3.05) is 5.32 Å². The molecule has 1 saturated carbocycles. The molecule has 0 bridgehead atoms. The fraction of sp³-hybridized carbons (Fsp3) is 0.292. The van der Waals surface area contributed by atoms with Gasteiger partial charge in [0.05, 0.1) is 4.90 Å². The van der Waals surface area contributed by atoms with Crippen molar-refractivity contribution in [3.8, 4) is 11.4 Å². The third-order valence-electron chi connectivity index (χ3n) is 4.99. The Kier molecular flexibility index (Phi) is 6.18. The Balaban J connectivity index is 1.35. The van der Waals surface area contributed by atoms with Gasteiger partial charge in [0.25, 0.3) is 0 Å². The highest BCUT2D eigenvalue weighted by atomic mass is 32.2. The van der Waals surface area contributed by atoms with Crippen molar-refractivity contribution >= 4 is 27.7 Å². The molecule has 1 aliphatic rings. The Morgan fingerprint density at radius 2 is 1.73 bits per heavy atom. The van der Waals surface area contributed by atoms with Gasteiger partial charge < -0.3 is 9.84 Å². The van der Waals surface area contributed by atoms with E-state index < -0.39 is 10.0 Å². The van der Waals surface area contributed by atoms with E-state index in [1.54, 1.807) is 30.3 Å². The predicted octanol–water partition coefficient (Wildman–Crippen LogP) is 4.13. The van der Waals surface area contributed by atoms with Crippen LogP contribution in [-0.4, -0.2) is 30.5 Å². The summed E-state index contributed by atoms with van der Waals surface area (Å²) in [6.07, 6.45) is 4.79. The molecule has 2 N–H and O–H groups in total. The van der Waals surface area contributed by atoms with Crippen LogP contribution in [0.5, 0.6) is 0 Å². The van der Waals surface area contributed by atoms with E-state index >= 15 is 0 Å². The highest BCUT2D eigenvalue weighted by Gasteiger charge is 2.27. The van der Waals surface area contributed by atoms with Gasteiger partial charge in [-0.1, -0.05) is 38.1 Å². The number of benzene rings is 2. The van der Waals surface area contributed by atoms with Gasteiger partial charge in [0.1, 0.15) is 0 Å². The van der Waals surface area contributed by atoms with E-state index in [0.717, 1.165) is 24.0 Å². The molecule has 0 atom stereocenters. The zero-order chi connectivity index (χ0) is 23.6.